The van der Waals surface area contributed by atoms with Crippen molar-refractivity contribution >= 4 is 17.8 Å². The van der Waals surface area contributed by atoms with Crippen LogP contribution in [0.4, 0.5) is 0 Å². The van der Waals surface area contributed by atoms with Crippen LogP contribution >= 0.6 is 0 Å². The molecule has 6 heteroatoms. The number of likely N-dealkylation sites (tertiary alicyclic amines) is 1. The van der Waals surface area contributed by atoms with E-state index in [1.807, 2.05) is 6.92 Å². The molecule has 16 heavy (non-hydrogen) atoms. The number of carbonyl (C=O) groups is 3. The van der Waals surface area contributed by atoms with E-state index >= 15 is 0 Å². The normalized spacial score (nSPS) is 20.6. The van der Waals surface area contributed by atoms with E-state index < -0.39 is 12.0 Å². The number of carboxylic acid groups (broad SMARTS) is 1. The molecule has 1 atom stereocenters. The van der Waals surface area contributed by atoms with Crippen LogP contribution in [0.5, 0.6) is 0 Å². The topological polar surface area (TPSA) is 86.7 Å². The molecule has 1 aliphatic rings. The number of carbonyl (C=O) groups excluding carboxylic acids is 2. The van der Waals surface area contributed by atoms with Gasteiger partial charge in [-0.3, -0.25) is 19.3 Å². The molecule has 1 unspecified atom stereocenters. The van der Waals surface area contributed by atoms with Crippen molar-refractivity contribution in [1.82, 2.24) is 10.2 Å². The van der Waals surface area contributed by atoms with Crippen molar-refractivity contribution in [1.29, 1.82) is 0 Å². The highest BCUT2D eigenvalue weighted by atomic mass is 16.4. The molecule has 1 heterocycles. The van der Waals surface area contributed by atoms with Crippen molar-refractivity contribution in [2.24, 2.45) is 0 Å². The first-order valence-corrected chi connectivity index (χ1v) is 5.35. The van der Waals surface area contributed by atoms with Gasteiger partial charge >= 0.3 is 5.97 Å². The van der Waals surface area contributed by atoms with Crippen molar-refractivity contribution in [3.05, 3.63) is 0 Å². The zero-order valence-corrected chi connectivity index (χ0v) is 9.23. The van der Waals surface area contributed by atoms with Gasteiger partial charge in [-0.05, 0) is 6.42 Å². The summed E-state index contributed by atoms with van der Waals surface area (Å²) in [6.45, 7) is 2.54. The molecule has 0 spiro atoms. The first kappa shape index (κ1) is 12.6. The summed E-state index contributed by atoms with van der Waals surface area (Å²) < 4.78 is 0. The highest BCUT2D eigenvalue weighted by Crippen LogP contribution is 2.13. The number of carboxylic acids is 1. The number of hydrogen-bond acceptors (Lipinski definition) is 4. The molecule has 2 amide bonds. The molecule has 0 radical (unpaired) electrons. The summed E-state index contributed by atoms with van der Waals surface area (Å²) in [7, 11) is 0. The summed E-state index contributed by atoms with van der Waals surface area (Å²) in [5.74, 6) is -1.34. The second kappa shape index (κ2) is 5.60. The molecule has 0 saturated carbocycles. The molecule has 0 bridgehead atoms. The Morgan fingerprint density at radius 2 is 2.25 bits per heavy atom. The van der Waals surface area contributed by atoms with Crippen molar-refractivity contribution in [2.75, 3.05) is 13.1 Å². The number of nitrogens with one attached hydrogen (secondary N) is 1. The number of rotatable bonds is 6. The Bertz CT molecular complexity index is 303. The van der Waals surface area contributed by atoms with Gasteiger partial charge in [-0.1, -0.05) is 6.92 Å². The van der Waals surface area contributed by atoms with Crippen LogP contribution in [-0.2, 0) is 14.4 Å². The van der Waals surface area contributed by atoms with E-state index in [4.69, 9.17) is 5.11 Å². The molecule has 0 aromatic carbocycles. The Morgan fingerprint density at radius 3 is 2.81 bits per heavy atom. The number of amides is 2. The van der Waals surface area contributed by atoms with Gasteiger partial charge in [0.25, 0.3) is 0 Å². The molecule has 0 aromatic heterocycles. The lowest BCUT2D eigenvalue weighted by atomic mass is 10.2. The molecule has 0 aliphatic carbocycles. The maximum Gasteiger partial charge on any atom is 0.304 e. The summed E-state index contributed by atoms with van der Waals surface area (Å²) in [5, 5.41) is 11.2. The Balaban J connectivity index is 2.42. The van der Waals surface area contributed by atoms with Crippen LogP contribution in [0.15, 0.2) is 0 Å². The van der Waals surface area contributed by atoms with Gasteiger partial charge in [0.2, 0.25) is 11.8 Å². The minimum atomic E-state index is -0.922. The molecule has 1 rings (SSSR count). The number of nitrogens with zero attached hydrogens (tertiary/aromatic N) is 1. The van der Waals surface area contributed by atoms with Crippen LogP contribution in [0.3, 0.4) is 0 Å². The van der Waals surface area contributed by atoms with Gasteiger partial charge < -0.3 is 10.4 Å². The fourth-order valence-corrected chi connectivity index (χ4v) is 1.65. The quantitative estimate of drug-likeness (QED) is 0.603. The molecule has 2 N–H and O–H groups in total. The summed E-state index contributed by atoms with van der Waals surface area (Å²) in [4.78, 5) is 34.6. The predicted molar refractivity (Wildman–Crippen MR) is 55.7 cm³/mol. The average Bonchev–Trinajstić information content (AvgIpc) is 2.46. The Morgan fingerprint density at radius 1 is 1.56 bits per heavy atom. The van der Waals surface area contributed by atoms with Gasteiger partial charge in [-0.2, -0.15) is 0 Å². The second-order valence-electron chi connectivity index (χ2n) is 3.74. The van der Waals surface area contributed by atoms with Gasteiger partial charge in [0.15, 0.2) is 0 Å². The van der Waals surface area contributed by atoms with E-state index in [-0.39, 0.29) is 31.2 Å². The fourth-order valence-electron chi connectivity index (χ4n) is 1.65. The average molecular weight is 228 g/mol. The Labute approximate surface area is 93.6 Å². The summed E-state index contributed by atoms with van der Waals surface area (Å²) in [5.41, 5.74) is 0. The minimum Gasteiger partial charge on any atom is -0.481 e. The minimum absolute atomic E-state index is 0.0499. The van der Waals surface area contributed by atoms with Crippen LogP contribution < -0.4 is 5.32 Å². The molecule has 1 aliphatic heterocycles. The largest absolute Gasteiger partial charge is 0.481 e. The van der Waals surface area contributed by atoms with Crippen molar-refractivity contribution in [2.45, 2.75) is 32.2 Å². The highest BCUT2D eigenvalue weighted by molar-refractivity contribution is 6.05. The molecule has 0 aromatic rings. The van der Waals surface area contributed by atoms with E-state index in [0.29, 0.717) is 6.54 Å². The lowest BCUT2D eigenvalue weighted by Gasteiger charge is -2.13. The van der Waals surface area contributed by atoms with Gasteiger partial charge in [0.05, 0.1) is 18.9 Å². The summed E-state index contributed by atoms with van der Waals surface area (Å²) >= 11 is 0. The van der Waals surface area contributed by atoms with E-state index in [1.54, 1.807) is 0 Å². The van der Waals surface area contributed by atoms with E-state index in [1.165, 1.54) is 4.90 Å². The molecular weight excluding hydrogens is 212 g/mol. The molecular formula is C10H16N2O4. The SMILES string of the molecule is CCCN1C(=O)CC(NCCC(=O)O)C1=O. The highest BCUT2D eigenvalue weighted by Gasteiger charge is 2.37. The third-order valence-corrected chi connectivity index (χ3v) is 2.42. The fraction of sp³-hybridized carbons (Fsp3) is 0.700. The smallest absolute Gasteiger partial charge is 0.304 e. The van der Waals surface area contributed by atoms with E-state index in [2.05, 4.69) is 5.32 Å². The van der Waals surface area contributed by atoms with Gasteiger partial charge in [-0.25, -0.2) is 0 Å². The lowest BCUT2D eigenvalue weighted by molar-refractivity contribution is -0.140. The zero-order valence-electron chi connectivity index (χ0n) is 9.23. The predicted octanol–water partition coefficient (Wildman–Crippen LogP) is -0.412. The monoisotopic (exact) mass is 228 g/mol. The van der Waals surface area contributed by atoms with Crippen LogP contribution in [0.1, 0.15) is 26.2 Å². The van der Waals surface area contributed by atoms with Gasteiger partial charge in [0, 0.05) is 13.1 Å². The van der Waals surface area contributed by atoms with E-state index in [9.17, 15) is 14.4 Å². The maximum atomic E-state index is 11.7. The first-order chi connectivity index (χ1) is 7.56. The van der Waals surface area contributed by atoms with Crippen LogP contribution in [-0.4, -0.2) is 46.9 Å². The van der Waals surface area contributed by atoms with E-state index in [0.717, 1.165) is 6.42 Å². The van der Waals surface area contributed by atoms with Crippen LogP contribution in [0, 0.1) is 0 Å². The van der Waals surface area contributed by atoms with Crippen LogP contribution in [0.25, 0.3) is 0 Å². The lowest BCUT2D eigenvalue weighted by Crippen LogP contribution is -2.39. The molecule has 1 fully saturated rings. The molecule has 6 nitrogen and oxygen atoms in total. The molecule has 90 valence electrons. The number of aliphatic carboxylic acids is 1. The van der Waals surface area contributed by atoms with Crippen molar-refractivity contribution < 1.29 is 19.5 Å². The van der Waals surface area contributed by atoms with Gasteiger partial charge in [0.1, 0.15) is 0 Å². The van der Waals surface area contributed by atoms with Crippen LogP contribution in [0.2, 0.25) is 0 Å². The first-order valence-electron chi connectivity index (χ1n) is 5.35. The summed E-state index contributed by atoms with van der Waals surface area (Å²) in [6.07, 6.45) is 0.823. The number of hydrogen-bond donors (Lipinski definition) is 2. The summed E-state index contributed by atoms with van der Waals surface area (Å²) in [6, 6.07) is -0.543. The van der Waals surface area contributed by atoms with Crippen molar-refractivity contribution in [3.63, 3.8) is 0 Å². The zero-order chi connectivity index (χ0) is 12.1. The van der Waals surface area contributed by atoms with Gasteiger partial charge in [-0.15, -0.1) is 0 Å². The standard InChI is InChI=1S/C10H16N2O4/c1-2-5-12-8(13)6-7(10(12)16)11-4-3-9(14)15/h7,11H,2-6H2,1H3,(H,14,15). The van der Waals surface area contributed by atoms with Crippen molar-refractivity contribution in [3.8, 4) is 0 Å². The third kappa shape index (κ3) is 3.03. The Kier molecular flexibility index (Phi) is 4.42. The number of imide groups is 1. The molecule has 1 saturated heterocycles. The maximum absolute atomic E-state index is 11.7. The third-order valence-electron chi connectivity index (χ3n) is 2.42. The second-order valence-corrected chi connectivity index (χ2v) is 3.74. The Hall–Kier alpha value is -1.43.